The summed E-state index contributed by atoms with van der Waals surface area (Å²) in [6.07, 6.45) is 13.5. The first kappa shape index (κ1) is 33.7. The molecule has 1 amide bonds. The van der Waals surface area contributed by atoms with E-state index in [4.69, 9.17) is 14.5 Å². The van der Waals surface area contributed by atoms with E-state index in [2.05, 4.69) is 35.4 Å². The van der Waals surface area contributed by atoms with Crippen LogP contribution in [0.1, 0.15) is 96.7 Å². The average Bonchev–Trinajstić information content (AvgIpc) is 3.51. The fourth-order valence-corrected chi connectivity index (χ4v) is 5.69. The number of hydrogen-bond acceptors (Lipinski definition) is 7. The van der Waals surface area contributed by atoms with Crippen LogP contribution in [0, 0.1) is 6.92 Å². The lowest BCUT2D eigenvalue weighted by Crippen LogP contribution is -2.39. The highest BCUT2D eigenvalue weighted by Gasteiger charge is 2.26. The van der Waals surface area contributed by atoms with Crippen molar-refractivity contribution in [3.8, 4) is 0 Å². The molecule has 1 aliphatic heterocycles. The molecule has 0 radical (unpaired) electrons. The Bertz CT molecular complexity index is 1590. The Balaban J connectivity index is 1.58. The molecule has 242 valence electrons. The fourth-order valence-electron chi connectivity index (χ4n) is 5.69. The molecule has 1 N–H and O–H groups in total. The number of amides is 1. The summed E-state index contributed by atoms with van der Waals surface area (Å²) in [6.45, 7) is 21.0. The molecule has 45 heavy (non-hydrogen) atoms. The molecule has 4 rings (SSSR count). The smallest absolute Gasteiger partial charge is 0.410 e. The minimum absolute atomic E-state index is 0.0633. The van der Waals surface area contributed by atoms with Crippen LogP contribution in [0.2, 0.25) is 0 Å². The van der Waals surface area contributed by atoms with E-state index in [1.54, 1.807) is 23.4 Å². The fraction of sp³-hybridized carbons (Fsp3) is 0.514. The molecule has 0 aromatic carbocycles. The monoisotopic (exact) mass is 616 g/mol. The van der Waals surface area contributed by atoms with Gasteiger partial charge in [0.1, 0.15) is 22.8 Å². The van der Waals surface area contributed by atoms with Crippen LogP contribution < -0.4 is 10.9 Å². The summed E-state index contributed by atoms with van der Waals surface area (Å²) in [6, 6.07) is 0.0633. The number of amidine groups is 1. The number of allylic oxidation sites excluding steroid dienone is 2. The minimum atomic E-state index is -0.533. The number of aromatic nitrogens is 3. The largest absolute Gasteiger partial charge is 0.493 e. The number of carbonyl (C=O) groups is 1. The molecule has 10 heteroatoms. The third-order valence-corrected chi connectivity index (χ3v) is 8.09. The summed E-state index contributed by atoms with van der Waals surface area (Å²) in [7, 11) is 0. The van der Waals surface area contributed by atoms with Crippen molar-refractivity contribution in [3.63, 3.8) is 0 Å². The van der Waals surface area contributed by atoms with Crippen LogP contribution in [0.5, 0.6) is 0 Å². The molecular formula is C35H48N6O4. The van der Waals surface area contributed by atoms with Crippen molar-refractivity contribution >= 4 is 34.7 Å². The zero-order valence-corrected chi connectivity index (χ0v) is 27.7. The van der Waals surface area contributed by atoms with Crippen LogP contribution >= 0.6 is 0 Å². The molecule has 0 atom stereocenters. The van der Waals surface area contributed by atoms with Gasteiger partial charge in [-0.3, -0.25) is 9.36 Å². The highest BCUT2D eigenvalue weighted by atomic mass is 16.6. The van der Waals surface area contributed by atoms with E-state index < -0.39 is 5.60 Å². The van der Waals surface area contributed by atoms with Crippen molar-refractivity contribution < 1.29 is 14.3 Å². The Kier molecular flexibility index (Phi) is 11.0. The lowest BCUT2D eigenvalue weighted by Gasteiger charge is -2.29. The average molecular weight is 617 g/mol. The number of carbonyl (C=O) groups excluding carboxylic acids is 1. The van der Waals surface area contributed by atoms with E-state index >= 15 is 0 Å². The molecule has 0 spiro atoms. The first-order valence-electron chi connectivity index (χ1n) is 16.0. The molecular weight excluding hydrogens is 568 g/mol. The lowest BCUT2D eigenvalue weighted by molar-refractivity contribution is 0.0266. The summed E-state index contributed by atoms with van der Waals surface area (Å²) in [4.78, 5) is 42.1. The van der Waals surface area contributed by atoms with Crippen molar-refractivity contribution in [2.75, 3.05) is 25.0 Å². The number of ether oxygens (including phenoxy) is 2. The van der Waals surface area contributed by atoms with Crippen molar-refractivity contribution in [3.05, 3.63) is 70.3 Å². The number of hydrogen-bond donors (Lipinski definition) is 1. The third kappa shape index (κ3) is 8.29. The normalized spacial score (nSPS) is 16.5. The predicted octanol–water partition coefficient (Wildman–Crippen LogP) is 7.47. The second-order valence-corrected chi connectivity index (χ2v) is 12.7. The molecule has 0 unspecified atom stereocenters. The molecule has 10 nitrogen and oxygen atoms in total. The maximum absolute atomic E-state index is 13.9. The maximum atomic E-state index is 13.9. The Morgan fingerprint density at radius 3 is 2.62 bits per heavy atom. The van der Waals surface area contributed by atoms with Gasteiger partial charge in [0.05, 0.1) is 12.2 Å². The molecule has 0 saturated heterocycles. The van der Waals surface area contributed by atoms with Gasteiger partial charge in [0.15, 0.2) is 0 Å². The standard InChI is InChI=1S/C35H48N6O4/c1-9-11-20-44-24(4)30-23(3)29-22-37-33(39-31(29)41(32(30)42)28-14-12-13-15-28)38-25(5)36-21-26(10-2)27-16-18-40(19-17-27)34(43)45-35(6,7)8/h10,16,21-22,28H,2,4,9,11-15,17-20H2,1,3,5-8H3,(H,36,37,38,39)/b26-21+. The van der Waals surface area contributed by atoms with Gasteiger partial charge in [-0.15, -0.1) is 0 Å². The SMILES string of the molecule is C=C/C(=C\N=C(C)Nc1ncc2c(C)c(C(=C)OCCCC)c(=O)n(C3CCCC3)c2n1)C1=CCN(C(=O)OC(C)(C)C)CC1. The van der Waals surface area contributed by atoms with E-state index in [1.165, 1.54) is 0 Å². The van der Waals surface area contributed by atoms with E-state index in [0.717, 1.165) is 60.6 Å². The quantitative estimate of drug-likeness (QED) is 0.0969. The van der Waals surface area contributed by atoms with Crippen molar-refractivity contribution in [1.29, 1.82) is 0 Å². The number of pyridine rings is 1. The number of unbranched alkanes of at least 4 members (excludes halogenated alkanes) is 1. The first-order chi connectivity index (χ1) is 21.4. The van der Waals surface area contributed by atoms with Gasteiger partial charge in [-0.2, -0.15) is 4.98 Å². The topological polar surface area (TPSA) is 111 Å². The Labute approximate surface area is 266 Å². The maximum Gasteiger partial charge on any atom is 0.410 e. The summed E-state index contributed by atoms with van der Waals surface area (Å²) in [5.74, 6) is 1.35. The second-order valence-electron chi connectivity index (χ2n) is 12.7. The van der Waals surface area contributed by atoms with Crippen molar-refractivity contribution in [2.45, 2.75) is 98.1 Å². The van der Waals surface area contributed by atoms with E-state index in [9.17, 15) is 9.59 Å². The molecule has 1 fully saturated rings. The minimum Gasteiger partial charge on any atom is -0.493 e. The van der Waals surface area contributed by atoms with E-state index in [1.807, 2.05) is 45.3 Å². The Hall–Kier alpha value is -4.21. The molecule has 2 aliphatic rings. The number of rotatable bonds is 10. The summed E-state index contributed by atoms with van der Waals surface area (Å²) < 4.78 is 13.2. The van der Waals surface area contributed by atoms with Crippen molar-refractivity contribution in [1.82, 2.24) is 19.4 Å². The number of fused-ring (bicyclic) bond motifs is 1. The van der Waals surface area contributed by atoms with Crippen LogP contribution in [0.3, 0.4) is 0 Å². The predicted molar refractivity (Wildman–Crippen MR) is 181 cm³/mol. The number of nitrogens with one attached hydrogen (secondary N) is 1. The van der Waals surface area contributed by atoms with Crippen LogP contribution in [0.15, 0.2) is 58.6 Å². The summed E-state index contributed by atoms with van der Waals surface area (Å²) in [5.41, 5.74) is 3.16. The van der Waals surface area contributed by atoms with E-state index in [0.29, 0.717) is 54.9 Å². The van der Waals surface area contributed by atoms with Gasteiger partial charge in [-0.1, -0.05) is 51.5 Å². The zero-order valence-electron chi connectivity index (χ0n) is 27.7. The van der Waals surface area contributed by atoms with Crippen LogP contribution in [0.25, 0.3) is 16.8 Å². The number of aryl methyl sites for hydroxylation is 1. The third-order valence-electron chi connectivity index (χ3n) is 8.09. The molecule has 0 bridgehead atoms. The first-order valence-corrected chi connectivity index (χ1v) is 16.0. The number of nitrogens with zero attached hydrogens (tertiary/aromatic N) is 5. The van der Waals surface area contributed by atoms with Crippen LogP contribution in [-0.4, -0.2) is 56.7 Å². The van der Waals surface area contributed by atoms with Gasteiger partial charge >= 0.3 is 6.09 Å². The second kappa shape index (κ2) is 14.7. The van der Waals surface area contributed by atoms with Gasteiger partial charge in [-0.25, -0.2) is 14.8 Å². The Morgan fingerprint density at radius 2 is 2.00 bits per heavy atom. The highest BCUT2D eigenvalue weighted by Crippen LogP contribution is 2.33. The molecule has 2 aromatic heterocycles. The molecule has 2 aromatic rings. The zero-order chi connectivity index (χ0) is 32.7. The van der Waals surface area contributed by atoms with Crippen LogP contribution in [0.4, 0.5) is 10.7 Å². The number of aliphatic imine (C=N–C) groups is 1. The highest BCUT2D eigenvalue weighted by molar-refractivity contribution is 5.93. The van der Waals surface area contributed by atoms with Gasteiger partial charge < -0.3 is 19.7 Å². The molecule has 3 heterocycles. The summed E-state index contributed by atoms with van der Waals surface area (Å²) >= 11 is 0. The van der Waals surface area contributed by atoms with Gasteiger partial charge in [0.25, 0.3) is 5.56 Å². The Morgan fingerprint density at radius 1 is 1.27 bits per heavy atom. The summed E-state index contributed by atoms with van der Waals surface area (Å²) in [5, 5.41) is 3.99. The van der Waals surface area contributed by atoms with E-state index in [-0.39, 0.29) is 17.7 Å². The molecule has 1 aliphatic carbocycles. The van der Waals surface area contributed by atoms with Crippen LogP contribution in [-0.2, 0) is 9.47 Å². The van der Waals surface area contributed by atoms with Gasteiger partial charge in [0.2, 0.25) is 5.95 Å². The van der Waals surface area contributed by atoms with Gasteiger partial charge in [0, 0.05) is 36.9 Å². The number of anilines is 1. The van der Waals surface area contributed by atoms with Gasteiger partial charge in [-0.05, 0) is 77.0 Å². The lowest BCUT2D eigenvalue weighted by atomic mass is 10.0. The molecule has 1 saturated carbocycles. The van der Waals surface area contributed by atoms with Crippen molar-refractivity contribution in [2.24, 2.45) is 4.99 Å².